The molecule has 0 radical (unpaired) electrons. The van der Waals surface area contributed by atoms with Crippen LogP contribution in [0.3, 0.4) is 0 Å². The summed E-state index contributed by atoms with van der Waals surface area (Å²) in [5, 5.41) is 8.83. The van der Waals surface area contributed by atoms with Crippen LogP contribution in [0.25, 0.3) is 0 Å². The first-order valence-corrected chi connectivity index (χ1v) is 5.98. The molecule has 90 valence electrons. The summed E-state index contributed by atoms with van der Waals surface area (Å²) in [7, 11) is 0. The number of benzene rings is 1. The van der Waals surface area contributed by atoms with Crippen molar-refractivity contribution < 1.29 is 14.7 Å². The highest BCUT2D eigenvalue weighted by Crippen LogP contribution is 2.23. The topological polar surface area (TPSA) is 54.4 Å². The quantitative estimate of drug-likeness (QED) is 0.643. The number of aryl methyl sites for hydroxylation is 2. The van der Waals surface area contributed by atoms with Crippen LogP contribution in [0.15, 0.2) is 18.2 Å². The fourth-order valence-electron chi connectivity index (χ4n) is 2.25. The third kappa shape index (κ3) is 2.38. The summed E-state index contributed by atoms with van der Waals surface area (Å²) in [6.07, 6.45) is 4.42. The van der Waals surface area contributed by atoms with Gasteiger partial charge in [0, 0.05) is 5.56 Å². The molecule has 0 aromatic heterocycles. The zero-order valence-corrected chi connectivity index (χ0v) is 9.90. The van der Waals surface area contributed by atoms with Gasteiger partial charge in [-0.2, -0.15) is 0 Å². The Kier molecular flexibility index (Phi) is 3.27. The van der Waals surface area contributed by atoms with Crippen molar-refractivity contribution >= 4 is 11.8 Å². The van der Waals surface area contributed by atoms with Gasteiger partial charge in [-0.05, 0) is 49.8 Å². The molecule has 0 aliphatic heterocycles. The molecule has 1 N–H and O–H groups in total. The number of fused-ring (bicyclic) bond motifs is 1. The summed E-state index contributed by atoms with van der Waals surface area (Å²) in [5.41, 5.74) is 3.04. The zero-order valence-electron chi connectivity index (χ0n) is 9.90. The van der Waals surface area contributed by atoms with E-state index in [0.29, 0.717) is 5.56 Å². The highest BCUT2D eigenvalue weighted by atomic mass is 16.4. The van der Waals surface area contributed by atoms with Crippen molar-refractivity contribution in [3.05, 3.63) is 34.9 Å². The van der Waals surface area contributed by atoms with Gasteiger partial charge in [0.1, 0.15) is 5.92 Å². The molecule has 0 fully saturated rings. The fourth-order valence-corrected chi connectivity index (χ4v) is 2.25. The Balaban J connectivity index is 2.28. The van der Waals surface area contributed by atoms with E-state index >= 15 is 0 Å². The molecule has 0 heterocycles. The highest BCUT2D eigenvalue weighted by Gasteiger charge is 2.22. The summed E-state index contributed by atoms with van der Waals surface area (Å²) in [6.45, 7) is 1.43. The molecule has 17 heavy (non-hydrogen) atoms. The van der Waals surface area contributed by atoms with Crippen LogP contribution < -0.4 is 0 Å². The summed E-state index contributed by atoms with van der Waals surface area (Å²) >= 11 is 0. The number of hydrogen-bond donors (Lipinski definition) is 1. The predicted molar refractivity (Wildman–Crippen MR) is 64.2 cm³/mol. The largest absolute Gasteiger partial charge is 0.481 e. The summed E-state index contributed by atoms with van der Waals surface area (Å²) in [5.74, 6) is -2.32. The van der Waals surface area contributed by atoms with Gasteiger partial charge in [-0.25, -0.2) is 0 Å². The number of hydrogen-bond acceptors (Lipinski definition) is 2. The number of rotatable bonds is 3. The lowest BCUT2D eigenvalue weighted by Gasteiger charge is -2.16. The fraction of sp³-hybridized carbons (Fsp3) is 0.429. The first kappa shape index (κ1) is 11.8. The van der Waals surface area contributed by atoms with Crippen LogP contribution in [0.5, 0.6) is 0 Å². The second-order valence-electron chi connectivity index (χ2n) is 4.61. The molecule has 1 aromatic carbocycles. The Morgan fingerprint density at radius 2 is 1.82 bits per heavy atom. The van der Waals surface area contributed by atoms with Crippen molar-refractivity contribution in [2.45, 2.75) is 32.6 Å². The maximum absolute atomic E-state index is 11.9. The molecule has 1 unspecified atom stereocenters. The van der Waals surface area contributed by atoms with Crippen LogP contribution in [0.4, 0.5) is 0 Å². The standard InChI is InChI=1S/C14H16O3/c1-9(14(16)17)13(15)12-7-6-10-4-2-3-5-11(10)8-12/h6-9H,2-5H2,1H3,(H,16,17). The van der Waals surface area contributed by atoms with Gasteiger partial charge in [0.05, 0.1) is 0 Å². The maximum Gasteiger partial charge on any atom is 0.314 e. The predicted octanol–water partition coefficient (Wildman–Crippen LogP) is 2.47. The van der Waals surface area contributed by atoms with E-state index in [1.54, 1.807) is 6.07 Å². The second-order valence-corrected chi connectivity index (χ2v) is 4.61. The van der Waals surface area contributed by atoms with Gasteiger partial charge in [0.25, 0.3) is 0 Å². The molecule has 0 spiro atoms. The van der Waals surface area contributed by atoms with Crippen molar-refractivity contribution in [3.8, 4) is 0 Å². The summed E-state index contributed by atoms with van der Waals surface area (Å²) in [6, 6.07) is 5.60. The number of carboxylic acids is 1. The van der Waals surface area contributed by atoms with Crippen LogP contribution in [0, 0.1) is 5.92 Å². The molecule has 1 atom stereocenters. The van der Waals surface area contributed by atoms with Crippen molar-refractivity contribution in [1.82, 2.24) is 0 Å². The van der Waals surface area contributed by atoms with Gasteiger partial charge in [-0.3, -0.25) is 9.59 Å². The average molecular weight is 232 g/mol. The van der Waals surface area contributed by atoms with E-state index < -0.39 is 11.9 Å². The number of carboxylic acid groups (broad SMARTS) is 1. The van der Waals surface area contributed by atoms with E-state index in [4.69, 9.17) is 5.11 Å². The van der Waals surface area contributed by atoms with Gasteiger partial charge >= 0.3 is 5.97 Å². The molecule has 3 nitrogen and oxygen atoms in total. The van der Waals surface area contributed by atoms with Crippen LogP contribution >= 0.6 is 0 Å². The molecule has 0 amide bonds. The van der Waals surface area contributed by atoms with E-state index in [2.05, 4.69) is 0 Å². The first-order chi connectivity index (χ1) is 8.09. The Morgan fingerprint density at radius 3 is 2.47 bits per heavy atom. The van der Waals surface area contributed by atoms with Gasteiger partial charge in [-0.15, -0.1) is 0 Å². The Hall–Kier alpha value is -1.64. The lowest BCUT2D eigenvalue weighted by molar-refractivity contribution is -0.139. The van der Waals surface area contributed by atoms with Gasteiger partial charge in [0.2, 0.25) is 0 Å². The lowest BCUT2D eigenvalue weighted by atomic mass is 9.88. The zero-order chi connectivity index (χ0) is 12.4. The van der Waals surface area contributed by atoms with Crippen molar-refractivity contribution in [2.75, 3.05) is 0 Å². The Morgan fingerprint density at radius 1 is 1.18 bits per heavy atom. The lowest BCUT2D eigenvalue weighted by Crippen LogP contribution is -2.21. The molecule has 0 saturated heterocycles. The maximum atomic E-state index is 11.9. The summed E-state index contributed by atoms with van der Waals surface area (Å²) < 4.78 is 0. The number of carbonyl (C=O) groups is 2. The number of ketones is 1. The summed E-state index contributed by atoms with van der Waals surface area (Å²) in [4.78, 5) is 22.7. The van der Waals surface area contributed by atoms with E-state index in [1.165, 1.54) is 24.5 Å². The number of Topliss-reactive ketones (excluding diaryl/α,β-unsaturated/α-hetero) is 1. The second kappa shape index (κ2) is 4.70. The molecule has 1 aliphatic carbocycles. The van der Waals surface area contributed by atoms with E-state index in [1.807, 2.05) is 12.1 Å². The third-order valence-electron chi connectivity index (χ3n) is 3.40. The number of carbonyl (C=O) groups excluding carboxylic acids is 1. The third-order valence-corrected chi connectivity index (χ3v) is 3.40. The smallest absolute Gasteiger partial charge is 0.314 e. The van der Waals surface area contributed by atoms with Crippen LogP contribution in [-0.2, 0) is 17.6 Å². The van der Waals surface area contributed by atoms with Gasteiger partial charge < -0.3 is 5.11 Å². The van der Waals surface area contributed by atoms with Crippen LogP contribution in [0.1, 0.15) is 41.3 Å². The monoisotopic (exact) mass is 232 g/mol. The SMILES string of the molecule is CC(C(=O)O)C(=O)c1ccc2c(c1)CCCC2. The van der Waals surface area contributed by atoms with Crippen LogP contribution in [0.2, 0.25) is 0 Å². The van der Waals surface area contributed by atoms with Gasteiger partial charge in [0.15, 0.2) is 5.78 Å². The molecular formula is C14H16O3. The van der Waals surface area contributed by atoms with Crippen molar-refractivity contribution in [1.29, 1.82) is 0 Å². The molecule has 2 rings (SSSR count). The van der Waals surface area contributed by atoms with Crippen molar-refractivity contribution in [3.63, 3.8) is 0 Å². The van der Waals surface area contributed by atoms with E-state index in [-0.39, 0.29) is 5.78 Å². The number of aliphatic carboxylic acids is 1. The average Bonchev–Trinajstić information content (AvgIpc) is 2.36. The minimum Gasteiger partial charge on any atom is -0.481 e. The van der Waals surface area contributed by atoms with Crippen LogP contribution in [-0.4, -0.2) is 16.9 Å². The molecule has 0 saturated carbocycles. The minimum atomic E-state index is -1.06. The van der Waals surface area contributed by atoms with Crippen molar-refractivity contribution in [2.24, 2.45) is 5.92 Å². The molecule has 3 heteroatoms. The molecule has 1 aromatic rings. The Bertz CT molecular complexity index is 463. The van der Waals surface area contributed by atoms with Gasteiger partial charge in [-0.1, -0.05) is 12.1 Å². The normalized spacial score (nSPS) is 16.1. The Labute approximate surface area is 100 Å². The molecular weight excluding hydrogens is 216 g/mol. The first-order valence-electron chi connectivity index (χ1n) is 5.98. The van der Waals surface area contributed by atoms with E-state index in [9.17, 15) is 9.59 Å². The van der Waals surface area contributed by atoms with E-state index in [0.717, 1.165) is 19.3 Å². The molecule has 1 aliphatic rings. The highest BCUT2D eigenvalue weighted by molar-refractivity contribution is 6.07. The minimum absolute atomic E-state index is 0.300. The molecule has 0 bridgehead atoms.